The molecule has 8 heteroatoms. The maximum absolute atomic E-state index is 11.5. The number of ether oxygens (including phenoxy) is 3. The average molecular weight is 528 g/mol. The third kappa shape index (κ3) is 5.81. The van der Waals surface area contributed by atoms with Gasteiger partial charge >= 0.3 is 5.97 Å². The van der Waals surface area contributed by atoms with E-state index in [4.69, 9.17) is 18.6 Å². The van der Waals surface area contributed by atoms with E-state index in [0.29, 0.717) is 23.8 Å². The Morgan fingerprint density at radius 2 is 2.00 bits per heavy atom. The SMILES string of the molecule is C=Cc1cc(-c2c(-c3ccccc3)oc3ncnc(O[C@@H]4CCCN(CCCC(=O)OC)C4)c23)ccc1OC. The van der Waals surface area contributed by atoms with Crippen LogP contribution in [0.4, 0.5) is 0 Å². The number of carbonyl (C=O) groups is 1. The number of likely N-dealkylation sites (tertiary alicyclic amines) is 1. The average Bonchev–Trinajstić information content (AvgIpc) is 3.38. The molecule has 0 unspecified atom stereocenters. The maximum Gasteiger partial charge on any atom is 0.305 e. The minimum Gasteiger partial charge on any atom is -0.496 e. The van der Waals surface area contributed by atoms with E-state index >= 15 is 0 Å². The van der Waals surface area contributed by atoms with Gasteiger partial charge in [-0.05, 0) is 50.0 Å². The van der Waals surface area contributed by atoms with Crippen LogP contribution >= 0.6 is 0 Å². The van der Waals surface area contributed by atoms with Gasteiger partial charge in [0, 0.05) is 29.7 Å². The van der Waals surface area contributed by atoms with Crippen LogP contribution in [0.2, 0.25) is 0 Å². The van der Waals surface area contributed by atoms with Gasteiger partial charge in [-0.15, -0.1) is 0 Å². The smallest absolute Gasteiger partial charge is 0.305 e. The van der Waals surface area contributed by atoms with Crippen LogP contribution in [0, 0.1) is 0 Å². The van der Waals surface area contributed by atoms with Crippen LogP contribution in [-0.4, -0.2) is 60.8 Å². The molecule has 1 aliphatic heterocycles. The molecule has 1 saturated heterocycles. The fraction of sp³-hybridized carbons (Fsp3) is 0.323. The zero-order chi connectivity index (χ0) is 27.2. The van der Waals surface area contributed by atoms with Gasteiger partial charge in [0.2, 0.25) is 11.6 Å². The molecular weight excluding hydrogens is 494 g/mol. The van der Waals surface area contributed by atoms with Crippen LogP contribution in [0.5, 0.6) is 11.6 Å². The molecule has 1 atom stereocenters. The Balaban J connectivity index is 1.51. The molecule has 0 spiro atoms. The van der Waals surface area contributed by atoms with Gasteiger partial charge < -0.3 is 18.6 Å². The van der Waals surface area contributed by atoms with Crippen molar-refractivity contribution >= 4 is 23.1 Å². The summed E-state index contributed by atoms with van der Waals surface area (Å²) in [6.07, 6.45) is 6.31. The summed E-state index contributed by atoms with van der Waals surface area (Å²) in [5.74, 6) is 1.76. The fourth-order valence-corrected chi connectivity index (χ4v) is 5.13. The molecule has 1 fully saturated rings. The van der Waals surface area contributed by atoms with E-state index in [-0.39, 0.29) is 12.1 Å². The first kappa shape index (κ1) is 26.4. The Hall–Kier alpha value is -4.17. The van der Waals surface area contributed by atoms with E-state index in [1.807, 2.05) is 48.5 Å². The Labute approximate surface area is 228 Å². The number of nitrogens with zero attached hydrogens (tertiary/aromatic N) is 3. The molecule has 0 bridgehead atoms. The van der Waals surface area contributed by atoms with E-state index in [2.05, 4.69) is 21.4 Å². The molecule has 39 heavy (non-hydrogen) atoms. The van der Waals surface area contributed by atoms with E-state index in [1.54, 1.807) is 13.2 Å². The normalized spacial score (nSPS) is 15.7. The van der Waals surface area contributed by atoms with Crippen molar-refractivity contribution in [1.82, 2.24) is 14.9 Å². The van der Waals surface area contributed by atoms with Gasteiger partial charge in [0.15, 0.2) is 0 Å². The molecule has 8 nitrogen and oxygen atoms in total. The first-order valence-corrected chi connectivity index (χ1v) is 13.2. The van der Waals surface area contributed by atoms with Crippen LogP contribution in [0.1, 0.15) is 31.2 Å². The number of furan rings is 1. The number of carbonyl (C=O) groups excluding carboxylic acids is 1. The zero-order valence-electron chi connectivity index (χ0n) is 22.4. The summed E-state index contributed by atoms with van der Waals surface area (Å²) in [5.41, 5.74) is 4.06. The molecule has 2 aromatic heterocycles. The number of esters is 1. The summed E-state index contributed by atoms with van der Waals surface area (Å²) < 4.78 is 23.2. The van der Waals surface area contributed by atoms with Crippen LogP contribution in [-0.2, 0) is 9.53 Å². The maximum atomic E-state index is 11.5. The van der Waals surface area contributed by atoms with Crippen LogP contribution in [0.25, 0.3) is 39.6 Å². The molecule has 4 aromatic rings. The number of methoxy groups -OCH3 is 2. The van der Waals surface area contributed by atoms with E-state index in [9.17, 15) is 4.79 Å². The highest BCUT2D eigenvalue weighted by Gasteiger charge is 2.27. The number of rotatable bonds is 10. The topological polar surface area (TPSA) is 86.9 Å². The Morgan fingerprint density at radius 1 is 1.15 bits per heavy atom. The third-order valence-corrected chi connectivity index (χ3v) is 7.05. The summed E-state index contributed by atoms with van der Waals surface area (Å²) >= 11 is 0. The quantitative estimate of drug-likeness (QED) is 0.232. The molecule has 0 amide bonds. The first-order valence-electron chi connectivity index (χ1n) is 13.2. The van der Waals surface area contributed by atoms with E-state index in [0.717, 1.165) is 72.3 Å². The Morgan fingerprint density at radius 3 is 2.77 bits per heavy atom. The van der Waals surface area contributed by atoms with Crippen molar-refractivity contribution < 1.29 is 23.4 Å². The second kappa shape index (κ2) is 12.1. The van der Waals surface area contributed by atoms with Gasteiger partial charge in [-0.2, -0.15) is 0 Å². The van der Waals surface area contributed by atoms with E-state index < -0.39 is 0 Å². The largest absolute Gasteiger partial charge is 0.496 e. The summed E-state index contributed by atoms with van der Waals surface area (Å²) in [5, 5.41) is 0.736. The lowest BCUT2D eigenvalue weighted by Gasteiger charge is -2.32. The van der Waals surface area contributed by atoms with Gasteiger partial charge in [0.05, 0.1) is 14.2 Å². The van der Waals surface area contributed by atoms with Crippen molar-refractivity contribution in [3.63, 3.8) is 0 Å². The minimum atomic E-state index is -0.178. The zero-order valence-corrected chi connectivity index (χ0v) is 22.4. The number of benzene rings is 2. The monoisotopic (exact) mass is 527 g/mol. The third-order valence-electron chi connectivity index (χ3n) is 7.05. The van der Waals surface area contributed by atoms with Crippen LogP contribution < -0.4 is 9.47 Å². The highest BCUT2D eigenvalue weighted by Crippen LogP contribution is 2.44. The molecule has 202 valence electrons. The molecule has 0 N–H and O–H groups in total. The lowest BCUT2D eigenvalue weighted by atomic mass is 9.97. The summed E-state index contributed by atoms with van der Waals surface area (Å²) in [4.78, 5) is 22.9. The highest BCUT2D eigenvalue weighted by molar-refractivity contribution is 6.03. The Kier molecular flexibility index (Phi) is 8.22. The summed E-state index contributed by atoms with van der Waals surface area (Å²) in [7, 11) is 3.07. The minimum absolute atomic E-state index is 0.0440. The van der Waals surface area contributed by atoms with Crippen LogP contribution in [0.15, 0.2) is 65.9 Å². The molecule has 3 heterocycles. The highest BCUT2D eigenvalue weighted by atomic mass is 16.5. The lowest BCUT2D eigenvalue weighted by molar-refractivity contribution is -0.140. The van der Waals surface area contributed by atoms with Gasteiger partial charge in [-0.25, -0.2) is 9.97 Å². The van der Waals surface area contributed by atoms with Gasteiger partial charge in [-0.1, -0.05) is 49.1 Å². The molecule has 0 radical (unpaired) electrons. The second-order valence-electron chi connectivity index (χ2n) is 9.55. The van der Waals surface area contributed by atoms with Crippen molar-refractivity contribution in [2.75, 3.05) is 33.9 Å². The fourth-order valence-electron chi connectivity index (χ4n) is 5.13. The van der Waals surface area contributed by atoms with Crippen molar-refractivity contribution in [1.29, 1.82) is 0 Å². The molecule has 0 saturated carbocycles. The van der Waals surface area contributed by atoms with Gasteiger partial charge in [-0.3, -0.25) is 9.69 Å². The molecule has 5 rings (SSSR count). The molecule has 0 aliphatic carbocycles. The van der Waals surface area contributed by atoms with Crippen LogP contribution in [0.3, 0.4) is 0 Å². The van der Waals surface area contributed by atoms with Gasteiger partial charge in [0.25, 0.3) is 0 Å². The van der Waals surface area contributed by atoms with Crippen molar-refractivity contribution in [2.24, 2.45) is 0 Å². The van der Waals surface area contributed by atoms with Crippen molar-refractivity contribution in [2.45, 2.75) is 31.8 Å². The lowest BCUT2D eigenvalue weighted by Crippen LogP contribution is -2.41. The number of aromatic nitrogens is 2. The van der Waals surface area contributed by atoms with Crippen molar-refractivity contribution in [3.8, 4) is 34.1 Å². The summed E-state index contributed by atoms with van der Waals surface area (Å²) in [6, 6.07) is 15.9. The number of piperidine rings is 1. The Bertz CT molecular complexity index is 1450. The second-order valence-corrected chi connectivity index (χ2v) is 9.55. The van der Waals surface area contributed by atoms with Crippen molar-refractivity contribution in [3.05, 3.63) is 67.0 Å². The standard InChI is InChI=1S/C31H33N3O5/c1-4-21-18-23(14-15-25(21)36-2)27-28-30(32-20-33-31(28)39-29(27)22-10-6-5-7-11-22)38-24-12-8-16-34(19-24)17-9-13-26(35)37-3/h4-7,10-11,14-15,18,20,24H,1,8-9,12-13,16-17,19H2,2-3H3/t24-/m1/s1. The molecule has 1 aliphatic rings. The first-order chi connectivity index (χ1) is 19.1. The number of hydrogen-bond acceptors (Lipinski definition) is 8. The van der Waals surface area contributed by atoms with Gasteiger partial charge in [0.1, 0.15) is 29.3 Å². The predicted molar refractivity (Wildman–Crippen MR) is 151 cm³/mol. The predicted octanol–water partition coefficient (Wildman–Crippen LogP) is 6.00. The number of hydrogen-bond donors (Lipinski definition) is 0. The van der Waals surface area contributed by atoms with E-state index in [1.165, 1.54) is 13.4 Å². The summed E-state index contributed by atoms with van der Waals surface area (Å²) in [6.45, 7) is 6.51. The molecule has 2 aromatic carbocycles. The number of fused-ring (bicyclic) bond motifs is 1. The molecular formula is C31H33N3O5.